The summed E-state index contributed by atoms with van der Waals surface area (Å²) < 4.78 is 6.62. The Labute approximate surface area is 146 Å². The van der Waals surface area contributed by atoms with Crippen LogP contribution in [0.25, 0.3) is 0 Å². The fourth-order valence-electron chi connectivity index (χ4n) is 2.54. The molecule has 4 nitrogen and oxygen atoms in total. The van der Waals surface area contributed by atoms with Gasteiger partial charge in [0.1, 0.15) is 5.75 Å². The first-order valence-electron chi connectivity index (χ1n) is 7.54. The highest BCUT2D eigenvalue weighted by atomic mass is 79.9. The molecule has 2 unspecified atom stereocenters. The van der Waals surface area contributed by atoms with Gasteiger partial charge in [-0.25, -0.2) is 0 Å². The van der Waals surface area contributed by atoms with E-state index in [9.17, 15) is 4.79 Å². The lowest BCUT2D eigenvalue weighted by Crippen LogP contribution is -2.46. The molecule has 22 heavy (non-hydrogen) atoms. The summed E-state index contributed by atoms with van der Waals surface area (Å²) >= 11 is 3.41. The van der Waals surface area contributed by atoms with Crippen molar-refractivity contribution in [2.45, 2.75) is 44.7 Å². The molecule has 0 saturated carbocycles. The Kier molecular flexibility index (Phi) is 8.83. The Morgan fingerprint density at radius 3 is 3.05 bits per heavy atom. The van der Waals surface area contributed by atoms with Gasteiger partial charge in [-0.05, 0) is 50.9 Å². The van der Waals surface area contributed by atoms with Crippen LogP contribution in [0.3, 0.4) is 0 Å². The predicted octanol–water partition coefficient (Wildman–Crippen LogP) is 3.29. The number of benzene rings is 1. The van der Waals surface area contributed by atoms with Crippen molar-refractivity contribution in [1.82, 2.24) is 10.6 Å². The van der Waals surface area contributed by atoms with Gasteiger partial charge in [-0.1, -0.05) is 22.0 Å². The van der Waals surface area contributed by atoms with Crippen molar-refractivity contribution in [1.29, 1.82) is 0 Å². The zero-order valence-electron chi connectivity index (χ0n) is 12.8. The van der Waals surface area contributed by atoms with Crippen molar-refractivity contribution in [3.05, 3.63) is 28.7 Å². The third-order valence-electron chi connectivity index (χ3n) is 3.60. The van der Waals surface area contributed by atoms with E-state index in [1.54, 1.807) is 0 Å². The second kappa shape index (κ2) is 10.1. The molecule has 2 N–H and O–H groups in total. The van der Waals surface area contributed by atoms with Crippen molar-refractivity contribution >= 4 is 34.2 Å². The molecular weight excluding hydrogens is 368 g/mol. The second-order valence-electron chi connectivity index (χ2n) is 5.55. The minimum atomic E-state index is 0. The molecule has 1 fully saturated rings. The summed E-state index contributed by atoms with van der Waals surface area (Å²) in [5, 5.41) is 6.50. The molecule has 1 amide bonds. The van der Waals surface area contributed by atoms with Gasteiger partial charge in [0.2, 0.25) is 5.91 Å². The summed E-state index contributed by atoms with van der Waals surface area (Å²) in [6, 6.07) is 8.55. The van der Waals surface area contributed by atoms with Gasteiger partial charge in [-0.3, -0.25) is 4.79 Å². The Morgan fingerprint density at radius 2 is 2.32 bits per heavy atom. The van der Waals surface area contributed by atoms with Crippen molar-refractivity contribution in [2.24, 2.45) is 0 Å². The highest BCUT2D eigenvalue weighted by molar-refractivity contribution is 9.10. The van der Waals surface area contributed by atoms with Gasteiger partial charge in [0, 0.05) is 23.0 Å². The summed E-state index contributed by atoms with van der Waals surface area (Å²) in [6.45, 7) is 3.70. The fourth-order valence-corrected chi connectivity index (χ4v) is 2.92. The zero-order chi connectivity index (χ0) is 15.1. The lowest BCUT2D eigenvalue weighted by molar-refractivity contribution is -0.122. The van der Waals surface area contributed by atoms with E-state index in [2.05, 4.69) is 33.5 Å². The average Bonchev–Trinajstić information content (AvgIpc) is 2.44. The number of hydrogen-bond acceptors (Lipinski definition) is 3. The van der Waals surface area contributed by atoms with E-state index in [4.69, 9.17) is 4.74 Å². The van der Waals surface area contributed by atoms with Crippen LogP contribution in [-0.2, 0) is 4.79 Å². The molecular formula is C16H24BrClN2O2. The average molecular weight is 392 g/mol. The van der Waals surface area contributed by atoms with Crippen molar-refractivity contribution in [2.75, 3.05) is 13.2 Å². The van der Waals surface area contributed by atoms with Crippen LogP contribution >= 0.6 is 28.3 Å². The van der Waals surface area contributed by atoms with Crippen LogP contribution in [0.2, 0.25) is 0 Å². The monoisotopic (exact) mass is 390 g/mol. The van der Waals surface area contributed by atoms with Crippen LogP contribution in [0, 0.1) is 0 Å². The van der Waals surface area contributed by atoms with Crippen LogP contribution < -0.4 is 15.4 Å². The molecule has 0 aromatic heterocycles. The molecule has 0 bridgehead atoms. The highest BCUT2D eigenvalue weighted by Crippen LogP contribution is 2.17. The first-order chi connectivity index (χ1) is 10.1. The van der Waals surface area contributed by atoms with Gasteiger partial charge < -0.3 is 15.4 Å². The molecule has 0 aliphatic carbocycles. The molecule has 2 rings (SSSR count). The maximum atomic E-state index is 11.9. The molecule has 1 saturated heterocycles. The van der Waals surface area contributed by atoms with E-state index in [1.807, 2.05) is 24.3 Å². The summed E-state index contributed by atoms with van der Waals surface area (Å²) in [7, 11) is 0. The summed E-state index contributed by atoms with van der Waals surface area (Å²) in [5.41, 5.74) is 0. The van der Waals surface area contributed by atoms with Gasteiger partial charge in [-0.2, -0.15) is 0 Å². The molecule has 2 atom stereocenters. The Bertz CT molecular complexity index is 473. The summed E-state index contributed by atoms with van der Waals surface area (Å²) in [4.78, 5) is 11.9. The number of amides is 1. The molecule has 1 heterocycles. The minimum absolute atomic E-state index is 0. The lowest BCUT2D eigenvalue weighted by Gasteiger charge is -2.28. The Hall–Kier alpha value is -0.780. The topological polar surface area (TPSA) is 50.4 Å². The maximum absolute atomic E-state index is 11.9. The zero-order valence-corrected chi connectivity index (χ0v) is 15.2. The number of nitrogens with one attached hydrogen (secondary N) is 2. The van der Waals surface area contributed by atoms with Crippen molar-refractivity contribution < 1.29 is 9.53 Å². The molecule has 6 heteroatoms. The van der Waals surface area contributed by atoms with Crippen LogP contribution in [0.4, 0.5) is 0 Å². The van der Waals surface area contributed by atoms with Crippen LogP contribution in [-0.4, -0.2) is 31.1 Å². The number of carbonyl (C=O) groups excluding carboxylic acids is 1. The SMILES string of the molecule is CC1CC(NC(=O)CCCOc2cccc(Br)c2)CCN1.Cl. The largest absolute Gasteiger partial charge is 0.494 e. The molecule has 1 aliphatic rings. The van der Waals surface area contributed by atoms with E-state index in [-0.39, 0.29) is 18.3 Å². The van der Waals surface area contributed by atoms with Gasteiger partial charge in [-0.15, -0.1) is 12.4 Å². The van der Waals surface area contributed by atoms with Gasteiger partial charge in [0.25, 0.3) is 0 Å². The molecule has 1 aromatic carbocycles. The van der Waals surface area contributed by atoms with E-state index < -0.39 is 0 Å². The minimum Gasteiger partial charge on any atom is -0.494 e. The van der Waals surface area contributed by atoms with Gasteiger partial charge in [0.05, 0.1) is 6.61 Å². The molecule has 1 aliphatic heterocycles. The Morgan fingerprint density at radius 1 is 1.50 bits per heavy atom. The van der Waals surface area contributed by atoms with Gasteiger partial charge in [0.15, 0.2) is 0 Å². The van der Waals surface area contributed by atoms with Crippen LogP contribution in [0.15, 0.2) is 28.7 Å². The number of ether oxygens (including phenoxy) is 1. The molecule has 124 valence electrons. The third kappa shape index (κ3) is 6.99. The van der Waals surface area contributed by atoms with Crippen molar-refractivity contribution in [3.8, 4) is 5.75 Å². The number of rotatable bonds is 6. The maximum Gasteiger partial charge on any atom is 0.220 e. The van der Waals surface area contributed by atoms with E-state index in [1.165, 1.54) is 0 Å². The third-order valence-corrected chi connectivity index (χ3v) is 4.10. The highest BCUT2D eigenvalue weighted by Gasteiger charge is 2.19. The summed E-state index contributed by atoms with van der Waals surface area (Å²) in [5.74, 6) is 0.962. The van der Waals surface area contributed by atoms with E-state index >= 15 is 0 Å². The summed E-state index contributed by atoms with van der Waals surface area (Å²) in [6.07, 6.45) is 3.29. The second-order valence-corrected chi connectivity index (χ2v) is 6.47. The van der Waals surface area contributed by atoms with Gasteiger partial charge >= 0.3 is 0 Å². The normalized spacial score (nSPS) is 20.8. The number of hydrogen-bond donors (Lipinski definition) is 2. The molecule has 1 aromatic rings. The smallest absolute Gasteiger partial charge is 0.220 e. The molecule has 0 spiro atoms. The Balaban J connectivity index is 0.00000242. The lowest BCUT2D eigenvalue weighted by atomic mass is 10.0. The van der Waals surface area contributed by atoms with Crippen LogP contribution in [0.5, 0.6) is 5.75 Å². The van der Waals surface area contributed by atoms with Crippen molar-refractivity contribution in [3.63, 3.8) is 0 Å². The number of carbonyl (C=O) groups is 1. The first-order valence-corrected chi connectivity index (χ1v) is 8.34. The predicted molar refractivity (Wildman–Crippen MR) is 94.7 cm³/mol. The molecule has 0 radical (unpaired) electrons. The first kappa shape index (κ1) is 19.3. The van der Waals surface area contributed by atoms with E-state index in [0.29, 0.717) is 25.1 Å². The standard InChI is InChI=1S/C16H23BrN2O2.ClH/c1-12-10-14(7-8-18-12)19-16(20)6-3-9-21-15-5-2-4-13(17)11-15;/h2,4-5,11-12,14,18H,3,6-10H2,1H3,(H,19,20);1H. The fraction of sp³-hybridized carbons (Fsp3) is 0.562. The number of halogens is 2. The number of piperidine rings is 1. The quantitative estimate of drug-likeness (QED) is 0.732. The van der Waals surface area contributed by atoms with E-state index in [0.717, 1.165) is 36.0 Å². The van der Waals surface area contributed by atoms with Crippen LogP contribution in [0.1, 0.15) is 32.6 Å².